The van der Waals surface area contributed by atoms with E-state index in [0.29, 0.717) is 17.2 Å². The fraction of sp³-hybridized carbons (Fsp3) is 0.500. The number of carbonyl (C=O) groups is 1. The number of methoxy groups -OCH3 is 1. The summed E-state index contributed by atoms with van der Waals surface area (Å²) in [4.78, 5) is 11.4. The highest BCUT2D eigenvalue weighted by atomic mass is 16.5. The van der Waals surface area contributed by atoms with Gasteiger partial charge in [-0.2, -0.15) is 0 Å². The fourth-order valence-corrected chi connectivity index (χ4v) is 2.06. The molecule has 0 heterocycles. The maximum atomic E-state index is 11.4. The number of benzene rings is 1. The van der Waals surface area contributed by atoms with Gasteiger partial charge in [-0.15, -0.1) is 0 Å². The molecule has 1 aromatic carbocycles. The van der Waals surface area contributed by atoms with E-state index in [4.69, 9.17) is 10.5 Å². The number of esters is 1. The zero-order valence-electron chi connectivity index (χ0n) is 10.9. The van der Waals surface area contributed by atoms with Gasteiger partial charge in [-0.3, -0.25) is 0 Å². The lowest BCUT2D eigenvalue weighted by molar-refractivity contribution is 0.0601. The van der Waals surface area contributed by atoms with Gasteiger partial charge in [-0.25, -0.2) is 4.79 Å². The number of hydrogen-bond donors (Lipinski definition) is 2. The Morgan fingerprint density at radius 3 is 2.89 bits per heavy atom. The topological polar surface area (TPSA) is 64.3 Å². The lowest BCUT2D eigenvalue weighted by Crippen LogP contribution is -2.14. The van der Waals surface area contributed by atoms with Gasteiger partial charge in [0.05, 0.1) is 24.0 Å². The summed E-state index contributed by atoms with van der Waals surface area (Å²) < 4.78 is 4.70. The zero-order chi connectivity index (χ0) is 13.1. The van der Waals surface area contributed by atoms with Crippen molar-refractivity contribution in [3.63, 3.8) is 0 Å². The van der Waals surface area contributed by atoms with Crippen molar-refractivity contribution in [1.82, 2.24) is 0 Å². The van der Waals surface area contributed by atoms with Crippen molar-refractivity contribution in [1.29, 1.82) is 0 Å². The Hall–Kier alpha value is -1.71. The second kappa shape index (κ2) is 5.29. The number of anilines is 2. The second-order valence-corrected chi connectivity index (χ2v) is 4.99. The van der Waals surface area contributed by atoms with Crippen molar-refractivity contribution >= 4 is 17.3 Å². The molecule has 1 aliphatic rings. The molecule has 98 valence electrons. The number of hydrogen-bond acceptors (Lipinski definition) is 4. The van der Waals surface area contributed by atoms with Crippen molar-refractivity contribution in [3.8, 4) is 0 Å². The molecule has 1 fully saturated rings. The predicted molar refractivity (Wildman–Crippen MR) is 72.6 cm³/mol. The van der Waals surface area contributed by atoms with E-state index >= 15 is 0 Å². The number of nitrogens with two attached hydrogens (primary N) is 1. The molecule has 18 heavy (non-hydrogen) atoms. The van der Waals surface area contributed by atoms with Crippen LogP contribution in [0.5, 0.6) is 0 Å². The molecule has 3 N–H and O–H groups in total. The van der Waals surface area contributed by atoms with Gasteiger partial charge in [0.15, 0.2) is 0 Å². The van der Waals surface area contributed by atoms with Crippen LogP contribution in [0.2, 0.25) is 0 Å². The SMILES string of the molecule is COC(=O)c1ccc(N)c(NCC(C)C2CC2)c1. The van der Waals surface area contributed by atoms with Crippen molar-refractivity contribution < 1.29 is 9.53 Å². The van der Waals surface area contributed by atoms with Gasteiger partial charge < -0.3 is 15.8 Å². The van der Waals surface area contributed by atoms with Crippen LogP contribution in [0.1, 0.15) is 30.1 Å². The molecule has 1 unspecified atom stereocenters. The summed E-state index contributed by atoms with van der Waals surface area (Å²) in [6, 6.07) is 5.16. The Bertz CT molecular complexity index is 441. The Morgan fingerprint density at radius 1 is 1.56 bits per heavy atom. The van der Waals surface area contributed by atoms with Crippen LogP contribution in [-0.4, -0.2) is 19.6 Å². The highest BCUT2D eigenvalue weighted by molar-refractivity contribution is 5.91. The lowest BCUT2D eigenvalue weighted by Gasteiger charge is -2.14. The number of carbonyl (C=O) groups excluding carboxylic acids is 1. The van der Waals surface area contributed by atoms with Crippen LogP contribution in [0, 0.1) is 11.8 Å². The van der Waals surface area contributed by atoms with Crippen molar-refractivity contribution in [3.05, 3.63) is 23.8 Å². The van der Waals surface area contributed by atoms with Crippen LogP contribution in [0.25, 0.3) is 0 Å². The summed E-state index contributed by atoms with van der Waals surface area (Å²) in [6.07, 6.45) is 2.67. The van der Waals surface area contributed by atoms with Gasteiger partial charge in [0.2, 0.25) is 0 Å². The zero-order valence-corrected chi connectivity index (χ0v) is 10.9. The molecule has 2 rings (SSSR count). The molecular formula is C14H20N2O2. The Morgan fingerprint density at radius 2 is 2.28 bits per heavy atom. The van der Waals surface area contributed by atoms with Gasteiger partial charge in [0, 0.05) is 6.54 Å². The molecule has 0 saturated heterocycles. The molecule has 1 saturated carbocycles. The Balaban J connectivity index is 2.03. The molecule has 1 aliphatic carbocycles. The van der Waals surface area contributed by atoms with Crippen LogP contribution in [0.3, 0.4) is 0 Å². The smallest absolute Gasteiger partial charge is 0.337 e. The third-order valence-corrected chi connectivity index (χ3v) is 3.52. The highest BCUT2D eigenvalue weighted by Gasteiger charge is 2.27. The number of ether oxygens (including phenoxy) is 1. The van der Waals surface area contributed by atoms with Crippen LogP contribution in [0.4, 0.5) is 11.4 Å². The average Bonchev–Trinajstić information content (AvgIpc) is 3.20. The largest absolute Gasteiger partial charge is 0.465 e. The van der Waals surface area contributed by atoms with Gasteiger partial charge >= 0.3 is 5.97 Å². The van der Waals surface area contributed by atoms with E-state index < -0.39 is 0 Å². The molecule has 0 spiro atoms. The maximum absolute atomic E-state index is 11.4. The van der Waals surface area contributed by atoms with Crippen molar-refractivity contribution in [2.45, 2.75) is 19.8 Å². The highest BCUT2D eigenvalue weighted by Crippen LogP contribution is 2.36. The van der Waals surface area contributed by atoms with Crippen molar-refractivity contribution in [2.75, 3.05) is 24.7 Å². The summed E-state index contributed by atoms with van der Waals surface area (Å²) in [5.41, 5.74) is 7.88. The van der Waals surface area contributed by atoms with Crippen LogP contribution < -0.4 is 11.1 Å². The lowest BCUT2D eigenvalue weighted by atomic mass is 10.1. The summed E-state index contributed by atoms with van der Waals surface area (Å²) >= 11 is 0. The molecule has 0 aliphatic heterocycles. The minimum absolute atomic E-state index is 0.340. The third-order valence-electron chi connectivity index (χ3n) is 3.52. The standard InChI is InChI=1S/C14H20N2O2/c1-9(10-3-4-10)8-16-13-7-11(14(17)18-2)5-6-12(13)15/h5-7,9-10,16H,3-4,8,15H2,1-2H3. The normalized spacial score (nSPS) is 16.1. The molecule has 1 aromatic rings. The molecule has 0 amide bonds. The molecule has 4 nitrogen and oxygen atoms in total. The number of nitrogen functional groups attached to an aromatic ring is 1. The second-order valence-electron chi connectivity index (χ2n) is 4.99. The molecule has 4 heteroatoms. The molecule has 1 atom stereocenters. The van der Waals surface area contributed by atoms with E-state index in [-0.39, 0.29) is 5.97 Å². The quantitative estimate of drug-likeness (QED) is 0.620. The monoisotopic (exact) mass is 248 g/mol. The Kier molecular flexibility index (Phi) is 3.75. The van der Waals surface area contributed by atoms with Gasteiger partial charge in [0.1, 0.15) is 0 Å². The summed E-state index contributed by atoms with van der Waals surface area (Å²) in [7, 11) is 1.38. The first-order valence-corrected chi connectivity index (χ1v) is 6.33. The number of rotatable bonds is 5. The first-order valence-electron chi connectivity index (χ1n) is 6.33. The Labute approximate surface area is 108 Å². The predicted octanol–water partition coefficient (Wildman–Crippen LogP) is 2.51. The minimum Gasteiger partial charge on any atom is -0.465 e. The van der Waals surface area contributed by atoms with E-state index in [1.165, 1.54) is 20.0 Å². The van der Waals surface area contributed by atoms with Gasteiger partial charge in [-0.1, -0.05) is 6.92 Å². The van der Waals surface area contributed by atoms with E-state index in [0.717, 1.165) is 18.2 Å². The summed E-state index contributed by atoms with van der Waals surface area (Å²) in [6.45, 7) is 3.13. The molecule has 0 aromatic heterocycles. The maximum Gasteiger partial charge on any atom is 0.337 e. The molecule has 0 bridgehead atoms. The molecular weight excluding hydrogens is 228 g/mol. The van der Waals surface area contributed by atoms with E-state index in [9.17, 15) is 4.79 Å². The van der Waals surface area contributed by atoms with Crippen LogP contribution in [-0.2, 0) is 4.74 Å². The van der Waals surface area contributed by atoms with Gasteiger partial charge in [-0.05, 0) is 42.9 Å². The summed E-state index contributed by atoms with van der Waals surface area (Å²) in [5, 5.41) is 3.32. The fourth-order valence-electron chi connectivity index (χ4n) is 2.06. The summed E-state index contributed by atoms with van der Waals surface area (Å²) in [5.74, 6) is 1.15. The van der Waals surface area contributed by atoms with E-state index in [1.54, 1.807) is 18.2 Å². The van der Waals surface area contributed by atoms with Crippen molar-refractivity contribution in [2.24, 2.45) is 11.8 Å². The average molecular weight is 248 g/mol. The van der Waals surface area contributed by atoms with E-state index in [2.05, 4.69) is 12.2 Å². The molecule has 0 radical (unpaired) electrons. The first-order chi connectivity index (χ1) is 8.61. The number of nitrogens with one attached hydrogen (secondary N) is 1. The van der Waals surface area contributed by atoms with Gasteiger partial charge in [0.25, 0.3) is 0 Å². The van der Waals surface area contributed by atoms with Crippen LogP contribution in [0.15, 0.2) is 18.2 Å². The van der Waals surface area contributed by atoms with Crippen LogP contribution >= 0.6 is 0 Å². The third kappa shape index (κ3) is 2.94. The minimum atomic E-state index is -0.340. The van der Waals surface area contributed by atoms with E-state index in [1.807, 2.05) is 0 Å². The first kappa shape index (κ1) is 12.7.